The summed E-state index contributed by atoms with van der Waals surface area (Å²) in [7, 11) is -1.96. The van der Waals surface area contributed by atoms with E-state index in [1.54, 1.807) is 22.5 Å². The topological polar surface area (TPSA) is 46.6 Å². The van der Waals surface area contributed by atoms with Crippen LogP contribution in [0.5, 0.6) is 5.75 Å². The van der Waals surface area contributed by atoms with Crippen molar-refractivity contribution in [3.8, 4) is 5.75 Å². The van der Waals surface area contributed by atoms with Crippen LogP contribution in [0.25, 0.3) is 0 Å². The van der Waals surface area contributed by atoms with Gasteiger partial charge >= 0.3 is 0 Å². The average Bonchev–Trinajstić information content (AvgIpc) is 2.39. The predicted octanol–water partition coefficient (Wildman–Crippen LogP) is 2.63. The molecule has 0 atom stereocenters. The molecule has 0 radical (unpaired) electrons. The lowest BCUT2D eigenvalue weighted by Crippen LogP contribution is -2.35. The summed E-state index contributed by atoms with van der Waals surface area (Å²) in [4.78, 5) is 0.237. The molecule has 0 bridgehead atoms. The maximum Gasteiger partial charge on any atom is 0.246 e. The van der Waals surface area contributed by atoms with Gasteiger partial charge in [0.1, 0.15) is 10.6 Å². The highest BCUT2D eigenvalue weighted by atomic mass is 79.9. The number of hydrogen-bond donors (Lipinski definition) is 0. The monoisotopic (exact) mass is 333 g/mol. The SMILES string of the molecule is COc1ccc(Br)cc1S(=O)(=O)N1CCCCC1. The molecule has 2 rings (SSSR count). The fourth-order valence-corrected chi connectivity index (χ4v) is 4.31. The molecule has 4 nitrogen and oxygen atoms in total. The highest BCUT2D eigenvalue weighted by Crippen LogP contribution is 2.30. The zero-order valence-corrected chi connectivity index (χ0v) is 12.6. The van der Waals surface area contributed by atoms with Gasteiger partial charge in [0.2, 0.25) is 10.0 Å². The molecule has 6 heteroatoms. The van der Waals surface area contributed by atoms with E-state index in [1.807, 2.05) is 0 Å². The van der Waals surface area contributed by atoms with E-state index in [9.17, 15) is 8.42 Å². The number of rotatable bonds is 3. The molecule has 0 N–H and O–H groups in total. The highest BCUT2D eigenvalue weighted by Gasteiger charge is 2.28. The number of hydrogen-bond acceptors (Lipinski definition) is 3. The number of nitrogens with zero attached hydrogens (tertiary/aromatic N) is 1. The van der Waals surface area contributed by atoms with E-state index in [0.29, 0.717) is 18.8 Å². The average molecular weight is 334 g/mol. The van der Waals surface area contributed by atoms with Gasteiger partial charge in [-0.25, -0.2) is 8.42 Å². The van der Waals surface area contributed by atoms with E-state index < -0.39 is 10.0 Å². The smallest absolute Gasteiger partial charge is 0.246 e. The van der Waals surface area contributed by atoms with Crippen molar-refractivity contribution < 1.29 is 13.2 Å². The molecule has 1 aliphatic rings. The van der Waals surface area contributed by atoms with Gasteiger partial charge in [0.05, 0.1) is 7.11 Å². The second-order valence-corrected chi connectivity index (χ2v) is 7.08. The first kappa shape index (κ1) is 13.8. The lowest BCUT2D eigenvalue weighted by atomic mass is 10.2. The van der Waals surface area contributed by atoms with Crippen molar-refractivity contribution in [3.63, 3.8) is 0 Å². The number of piperidine rings is 1. The maximum absolute atomic E-state index is 12.5. The first-order valence-electron chi connectivity index (χ1n) is 5.89. The van der Waals surface area contributed by atoms with Crippen molar-refractivity contribution in [3.05, 3.63) is 22.7 Å². The van der Waals surface area contributed by atoms with Gasteiger partial charge in [-0.3, -0.25) is 0 Å². The highest BCUT2D eigenvalue weighted by molar-refractivity contribution is 9.10. The van der Waals surface area contributed by atoms with Gasteiger partial charge in [-0.2, -0.15) is 4.31 Å². The van der Waals surface area contributed by atoms with Gasteiger partial charge in [0.15, 0.2) is 0 Å². The minimum Gasteiger partial charge on any atom is -0.495 e. The van der Waals surface area contributed by atoms with Crippen molar-refractivity contribution in [1.29, 1.82) is 0 Å². The van der Waals surface area contributed by atoms with Crippen LogP contribution in [0.4, 0.5) is 0 Å². The Bertz CT molecular complexity index is 524. The van der Waals surface area contributed by atoms with E-state index >= 15 is 0 Å². The van der Waals surface area contributed by atoms with Crippen molar-refractivity contribution >= 4 is 26.0 Å². The number of halogens is 1. The quantitative estimate of drug-likeness (QED) is 0.854. The van der Waals surface area contributed by atoms with E-state index in [0.717, 1.165) is 23.7 Å². The summed E-state index contributed by atoms with van der Waals surface area (Å²) in [6, 6.07) is 5.04. The van der Waals surface area contributed by atoms with Gasteiger partial charge in [-0.05, 0) is 31.0 Å². The Balaban J connectivity index is 2.42. The summed E-state index contributed by atoms with van der Waals surface area (Å²) in [5.74, 6) is 0.392. The van der Waals surface area contributed by atoms with Crippen molar-refractivity contribution in [2.75, 3.05) is 20.2 Å². The molecule has 0 spiro atoms. The van der Waals surface area contributed by atoms with Crippen LogP contribution in [-0.4, -0.2) is 32.9 Å². The first-order valence-corrected chi connectivity index (χ1v) is 8.12. The van der Waals surface area contributed by atoms with E-state index in [1.165, 1.54) is 7.11 Å². The molecule has 0 aromatic heterocycles. The molecule has 0 amide bonds. The summed E-state index contributed by atoms with van der Waals surface area (Å²) in [6.45, 7) is 1.19. The van der Waals surface area contributed by atoms with Crippen LogP contribution in [-0.2, 0) is 10.0 Å². The van der Waals surface area contributed by atoms with Gasteiger partial charge in [-0.1, -0.05) is 22.4 Å². The second kappa shape index (κ2) is 5.59. The number of ether oxygens (including phenoxy) is 1. The maximum atomic E-state index is 12.5. The van der Waals surface area contributed by atoms with E-state index in [-0.39, 0.29) is 4.90 Å². The second-order valence-electron chi connectivity index (χ2n) is 4.26. The molecular weight excluding hydrogens is 318 g/mol. The van der Waals surface area contributed by atoms with E-state index in [2.05, 4.69) is 15.9 Å². The number of benzene rings is 1. The molecule has 18 heavy (non-hydrogen) atoms. The van der Waals surface area contributed by atoms with Crippen LogP contribution in [0.15, 0.2) is 27.6 Å². The Labute approximate surface area is 116 Å². The van der Waals surface area contributed by atoms with Gasteiger partial charge in [0, 0.05) is 17.6 Å². The molecule has 1 fully saturated rings. The molecule has 1 heterocycles. The Morgan fingerprint density at radius 3 is 2.50 bits per heavy atom. The predicted molar refractivity (Wildman–Crippen MR) is 73.3 cm³/mol. The molecule has 0 saturated carbocycles. The fraction of sp³-hybridized carbons (Fsp3) is 0.500. The fourth-order valence-electron chi connectivity index (χ4n) is 2.10. The lowest BCUT2D eigenvalue weighted by molar-refractivity contribution is 0.342. The zero-order valence-electron chi connectivity index (χ0n) is 10.2. The third-order valence-corrected chi connectivity index (χ3v) is 5.47. The molecular formula is C12H16BrNO3S. The summed E-state index contributed by atoms with van der Waals surface area (Å²) >= 11 is 3.30. The summed E-state index contributed by atoms with van der Waals surface area (Å²) in [5, 5.41) is 0. The van der Waals surface area contributed by atoms with Crippen molar-refractivity contribution in [2.45, 2.75) is 24.2 Å². The largest absolute Gasteiger partial charge is 0.495 e. The number of methoxy groups -OCH3 is 1. The van der Waals surface area contributed by atoms with Crippen LogP contribution in [0.1, 0.15) is 19.3 Å². The third-order valence-electron chi connectivity index (χ3n) is 3.06. The third kappa shape index (κ3) is 2.70. The molecule has 1 aromatic rings. The van der Waals surface area contributed by atoms with Gasteiger partial charge in [0.25, 0.3) is 0 Å². The van der Waals surface area contributed by atoms with E-state index in [4.69, 9.17) is 4.74 Å². The molecule has 1 aromatic carbocycles. The van der Waals surface area contributed by atoms with Crippen molar-refractivity contribution in [2.24, 2.45) is 0 Å². The molecule has 1 saturated heterocycles. The Morgan fingerprint density at radius 2 is 1.89 bits per heavy atom. The molecule has 0 unspecified atom stereocenters. The molecule has 0 aliphatic carbocycles. The summed E-state index contributed by atoms with van der Waals surface area (Å²) in [6.07, 6.45) is 2.95. The van der Waals surface area contributed by atoms with Crippen LogP contribution in [0.3, 0.4) is 0 Å². The van der Waals surface area contributed by atoms with Gasteiger partial charge in [-0.15, -0.1) is 0 Å². The van der Waals surface area contributed by atoms with Crippen LogP contribution in [0.2, 0.25) is 0 Å². The lowest BCUT2D eigenvalue weighted by Gasteiger charge is -2.26. The van der Waals surface area contributed by atoms with Crippen molar-refractivity contribution in [1.82, 2.24) is 4.31 Å². The minimum atomic E-state index is -3.45. The minimum absolute atomic E-state index is 0.237. The normalized spacial score (nSPS) is 17.7. The number of sulfonamides is 1. The summed E-state index contributed by atoms with van der Waals surface area (Å²) in [5.41, 5.74) is 0. The van der Waals surface area contributed by atoms with Crippen LogP contribution < -0.4 is 4.74 Å². The van der Waals surface area contributed by atoms with Gasteiger partial charge < -0.3 is 4.74 Å². The first-order chi connectivity index (χ1) is 8.55. The Hall–Kier alpha value is -0.590. The Morgan fingerprint density at radius 1 is 1.22 bits per heavy atom. The van der Waals surface area contributed by atoms with Crippen LogP contribution in [0, 0.1) is 0 Å². The zero-order chi connectivity index (χ0) is 13.2. The van der Waals surface area contributed by atoms with Crippen LogP contribution >= 0.6 is 15.9 Å². The Kier molecular flexibility index (Phi) is 4.29. The molecule has 1 aliphatic heterocycles. The molecule has 100 valence electrons. The summed E-state index contributed by atoms with van der Waals surface area (Å²) < 4.78 is 32.5. The standard InChI is InChI=1S/C12H16BrNO3S/c1-17-11-6-5-10(13)9-12(11)18(15,16)14-7-3-2-4-8-14/h5-6,9H,2-4,7-8H2,1H3.